The second-order valence-corrected chi connectivity index (χ2v) is 2.12. The van der Waals surface area contributed by atoms with Crippen LogP contribution < -0.4 is 0 Å². The first-order chi connectivity index (χ1) is 5.74. The van der Waals surface area contributed by atoms with E-state index in [0.29, 0.717) is 17.2 Å². The predicted octanol–water partition coefficient (Wildman–Crippen LogP) is 0.364. The summed E-state index contributed by atoms with van der Waals surface area (Å²) in [4.78, 5) is 3.97. The van der Waals surface area contributed by atoms with E-state index >= 15 is 0 Å². The van der Waals surface area contributed by atoms with Gasteiger partial charge in [-0.05, 0) is 17.8 Å². The summed E-state index contributed by atoms with van der Waals surface area (Å²) >= 11 is 0. The lowest BCUT2D eigenvalue weighted by Gasteiger charge is -1.93. The molecule has 2 nitrogen and oxygen atoms in total. The van der Waals surface area contributed by atoms with Crippen LogP contribution in [-0.2, 0) is 7.05 Å². The van der Waals surface area contributed by atoms with Crippen LogP contribution >= 0.6 is 0 Å². The molecule has 1 aromatic heterocycles. The Hall–Kier alpha value is -2.11. The molecule has 0 fully saturated rings. The van der Waals surface area contributed by atoms with Gasteiger partial charge in [-0.3, -0.25) is 0 Å². The summed E-state index contributed by atoms with van der Waals surface area (Å²) in [7, 11) is 1.73. The number of terminal acetylenes is 3. The van der Waals surface area contributed by atoms with Crippen LogP contribution in [0.25, 0.3) is 0 Å². The van der Waals surface area contributed by atoms with E-state index in [9.17, 15) is 0 Å². The van der Waals surface area contributed by atoms with Crippen LogP contribution in [0.2, 0.25) is 0 Å². The van der Waals surface area contributed by atoms with E-state index in [1.54, 1.807) is 11.6 Å². The van der Waals surface area contributed by atoms with Gasteiger partial charge in [0.05, 0.1) is 0 Å². The molecule has 1 rings (SSSR count). The van der Waals surface area contributed by atoms with Crippen molar-refractivity contribution in [3.63, 3.8) is 0 Å². The van der Waals surface area contributed by atoms with Gasteiger partial charge in [-0.25, -0.2) is 4.98 Å². The SMILES string of the molecule is C#Cc1nc(C#C)n(C)c1C#C. The van der Waals surface area contributed by atoms with E-state index in [-0.39, 0.29) is 0 Å². The van der Waals surface area contributed by atoms with E-state index in [1.807, 2.05) is 0 Å². The number of hydrogen-bond donors (Lipinski definition) is 0. The number of aromatic nitrogens is 2. The van der Waals surface area contributed by atoms with Crippen molar-refractivity contribution in [3.8, 4) is 37.0 Å². The first kappa shape index (κ1) is 7.99. The molecular weight excluding hydrogens is 148 g/mol. The maximum atomic E-state index is 5.22. The zero-order valence-electron chi connectivity index (χ0n) is 6.63. The molecule has 0 amide bonds. The smallest absolute Gasteiger partial charge is 0.187 e. The first-order valence-corrected chi connectivity index (χ1v) is 3.21. The maximum absolute atomic E-state index is 5.22. The lowest BCUT2D eigenvalue weighted by Crippen LogP contribution is -1.95. The van der Waals surface area contributed by atoms with Gasteiger partial charge in [0, 0.05) is 7.05 Å². The van der Waals surface area contributed by atoms with Gasteiger partial charge in [0.25, 0.3) is 0 Å². The predicted molar refractivity (Wildman–Crippen MR) is 47.0 cm³/mol. The molecule has 0 radical (unpaired) electrons. The lowest BCUT2D eigenvalue weighted by atomic mass is 10.3. The van der Waals surface area contributed by atoms with Gasteiger partial charge in [0.1, 0.15) is 11.4 Å². The first-order valence-electron chi connectivity index (χ1n) is 3.21. The second kappa shape index (κ2) is 2.87. The highest BCUT2D eigenvalue weighted by atomic mass is 15.1. The molecule has 0 N–H and O–H groups in total. The van der Waals surface area contributed by atoms with Gasteiger partial charge in [0.2, 0.25) is 0 Å². The Kier molecular flexibility index (Phi) is 1.91. The average Bonchev–Trinajstić information content (AvgIpc) is 2.41. The Morgan fingerprint density at radius 2 is 1.83 bits per heavy atom. The molecule has 0 aromatic carbocycles. The van der Waals surface area contributed by atoms with Crippen molar-refractivity contribution in [2.75, 3.05) is 0 Å². The Bertz CT molecular complexity index is 430. The van der Waals surface area contributed by atoms with Crippen LogP contribution in [0.3, 0.4) is 0 Å². The van der Waals surface area contributed by atoms with E-state index < -0.39 is 0 Å². The van der Waals surface area contributed by atoms with Gasteiger partial charge < -0.3 is 4.57 Å². The molecule has 0 atom stereocenters. The van der Waals surface area contributed by atoms with Crippen LogP contribution in [0.1, 0.15) is 17.2 Å². The summed E-state index contributed by atoms with van der Waals surface area (Å²) in [5, 5.41) is 0. The van der Waals surface area contributed by atoms with E-state index in [1.165, 1.54) is 0 Å². The molecule has 0 aliphatic heterocycles. The largest absolute Gasteiger partial charge is 0.313 e. The summed E-state index contributed by atoms with van der Waals surface area (Å²) in [5.74, 6) is 7.64. The Labute approximate surface area is 71.6 Å². The quantitative estimate of drug-likeness (QED) is 0.493. The molecule has 1 heterocycles. The van der Waals surface area contributed by atoms with Gasteiger partial charge in [-0.2, -0.15) is 0 Å². The van der Waals surface area contributed by atoms with Gasteiger partial charge >= 0.3 is 0 Å². The van der Waals surface area contributed by atoms with Crippen LogP contribution in [0, 0.1) is 37.0 Å². The van der Waals surface area contributed by atoms with Crippen molar-refractivity contribution >= 4 is 0 Å². The number of rotatable bonds is 0. The van der Waals surface area contributed by atoms with Crippen LogP contribution in [-0.4, -0.2) is 9.55 Å². The van der Waals surface area contributed by atoms with Crippen molar-refractivity contribution in [2.24, 2.45) is 7.05 Å². The van der Waals surface area contributed by atoms with E-state index in [0.717, 1.165) is 0 Å². The monoisotopic (exact) mass is 154 g/mol. The van der Waals surface area contributed by atoms with Gasteiger partial charge in [-0.15, -0.1) is 19.3 Å². The summed E-state index contributed by atoms with van der Waals surface area (Å²) in [6, 6.07) is 0. The molecule has 0 spiro atoms. The fraction of sp³-hybridized carbons (Fsp3) is 0.100. The van der Waals surface area contributed by atoms with Crippen LogP contribution in [0.4, 0.5) is 0 Å². The molecule has 0 saturated heterocycles. The van der Waals surface area contributed by atoms with Gasteiger partial charge in [-0.1, -0.05) is 0 Å². The number of imidazole rings is 1. The molecule has 12 heavy (non-hydrogen) atoms. The Balaban J connectivity index is 3.51. The minimum absolute atomic E-state index is 0.424. The minimum atomic E-state index is 0.424. The van der Waals surface area contributed by atoms with E-state index in [2.05, 4.69) is 22.7 Å². The molecule has 0 aliphatic carbocycles. The van der Waals surface area contributed by atoms with Crippen LogP contribution in [0.5, 0.6) is 0 Å². The summed E-state index contributed by atoms with van der Waals surface area (Å²) < 4.78 is 1.62. The molecule has 0 aliphatic rings. The van der Waals surface area contributed by atoms with Crippen molar-refractivity contribution in [2.45, 2.75) is 0 Å². The minimum Gasteiger partial charge on any atom is -0.313 e. The maximum Gasteiger partial charge on any atom is 0.187 e. The van der Waals surface area contributed by atoms with Crippen LogP contribution in [0.15, 0.2) is 0 Å². The molecular formula is C10H6N2. The summed E-state index contributed by atoms with van der Waals surface area (Å²) in [5.41, 5.74) is 0.971. The molecule has 0 saturated carbocycles. The zero-order chi connectivity index (χ0) is 9.14. The Morgan fingerprint density at radius 3 is 2.17 bits per heavy atom. The average molecular weight is 154 g/mol. The second-order valence-electron chi connectivity index (χ2n) is 2.12. The normalized spacial score (nSPS) is 8.17. The fourth-order valence-electron chi connectivity index (χ4n) is 0.894. The zero-order valence-corrected chi connectivity index (χ0v) is 6.63. The molecule has 0 bridgehead atoms. The third kappa shape index (κ3) is 0.947. The van der Waals surface area contributed by atoms with Gasteiger partial charge in [0.15, 0.2) is 5.82 Å². The topological polar surface area (TPSA) is 17.8 Å². The third-order valence-corrected chi connectivity index (χ3v) is 1.50. The standard InChI is InChI=1S/C10H6N2/c1-5-8-9(6-2)12(4)10(7-3)11-8/h1-3H,4H3. The Morgan fingerprint density at radius 1 is 1.17 bits per heavy atom. The molecule has 1 aromatic rings. The summed E-state index contributed by atoms with van der Waals surface area (Å²) in [6.07, 6.45) is 15.6. The lowest BCUT2D eigenvalue weighted by molar-refractivity contribution is 0.881. The third-order valence-electron chi connectivity index (χ3n) is 1.50. The highest BCUT2D eigenvalue weighted by Crippen LogP contribution is 2.06. The number of hydrogen-bond acceptors (Lipinski definition) is 1. The fourth-order valence-corrected chi connectivity index (χ4v) is 0.894. The highest BCUT2D eigenvalue weighted by molar-refractivity contribution is 5.44. The highest BCUT2D eigenvalue weighted by Gasteiger charge is 2.08. The molecule has 0 unspecified atom stereocenters. The van der Waals surface area contributed by atoms with E-state index in [4.69, 9.17) is 19.3 Å². The van der Waals surface area contributed by atoms with Crippen molar-refractivity contribution in [1.82, 2.24) is 9.55 Å². The van der Waals surface area contributed by atoms with Crippen molar-refractivity contribution in [3.05, 3.63) is 17.2 Å². The molecule has 56 valence electrons. The number of nitrogens with zero attached hydrogens (tertiary/aromatic N) is 2. The van der Waals surface area contributed by atoms with Crippen molar-refractivity contribution in [1.29, 1.82) is 0 Å². The molecule has 2 heteroatoms. The summed E-state index contributed by atoms with van der Waals surface area (Å²) in [6.45, 7) is 0. The van der Waals surface area contributed by atoms with Crippen molar-refractivity contribution < 1.29 is 0 Å².